The van der Waals surface area contributed by atoms with Crippen LogP contribution >= 0.6 is 0 Å². The van der Waals surface area contributed by atoms with Gasteiger partial charge in [-0.1, -0.05) is 79.9 Å². The Morgan fingerprint density at radius 1 is 0.971 bits per heavy atom. The molecule has 35 heavy (non-hydrogen) atoms. The Morgan fingerprint density at radius 2 is 1.63 bits per heavy atom. The van der Waals surface area contributed by atoms with Gasteiger partial charge in [0.25, 0.3) is 0 Å². The summed E-state index contributed by atoms with van der Waals surface area (Å²) in [6, 6.07) is 20.6. The highest BCUT2D eigenvalue weighted by Crippen LogP contribution is 2.43. The quantitative estimate of drug-likeness (QED) is 0.310. The summed E-state index contributed by atoms with van der Waals surface area (Å²) < 4.78 is 8.90. The van der Waals surface area contributed by atoms with Gasteiger partial charge in [0.05, 0.1) is 39.2 Å². The Hall–Kier alpha value is -2.47. The van der Waals surface area contributed by atoms with Crippen LogP contribution in [0.2, 0.25) is 0 Å². The van der Waals surface area contributed by atoms with Gasteiger partial charge in [0.1, 0.15) is 24.5 Å². The zero-order valence-corrected chi connectivity index (χ0v) is 21.7. The van der Waals surface area contributed by atoms with Gasteiger partial charge >= 0.3 is 0 Å². The van der Waals surface area contributed by atoms with Crippen molar-refractivity contribution in [1.29, 1.82) is 0 Å². The van der Waals surface area contributed by atoms with Gasteiger partial charge in [-0.15, -0.1) is 0 Å². The first-order chi connectivity index (χ1) is 16.9. The molecule has 1 saturated carbocycles. The minimum atomic E-state index is -1.06. The molecule has 1 heterocycles. The molecule has 188 valence electrons. The van der Waals surface area contributed by atoms with Crippen LogP contribution in [0.1, 0.15) is 54.7 Å². The van der Waals surface area contributed by atoms with E-state index >= 15 is 0 Å². The van der Waals surface area contributed by atoms with E-state index in [1.54, 1.807) is 0 Å². The van der Waals surface area contributed by atoms with Gasteiger partial charge in [0.2, 0.25) is 0 Å². The molecule has 0 bridgehead atoms. The molecule has 1 aliphatic rings. The summed E-state index contributed by atoms with van der Waals surface area (Å²) in [6.07, 6.45) is 8.58. The van der Waals surface area contributed by atoms with Crippen molar-refractivity contribution in [2.75, 3.05) is 33.9 Å². The summed E-state index contributed by atoms with van der Waals surface area (Å²) >= 11 is 0. The van der Waals surface area contributed by atoms with Crippen molar-refractivity contribution < 1.29 is 14.3 Å². The monoisotopic (exact) mass is 476 g/mol. The normalized spacial score (nSPS) is 16.8. The van der Waals surface area contributed by atoms with Crippen LogP contribution < -0.4 is 0 Å². The van der Waals surface area contributed by atoms with E-state index in [9.17, 15) is 5.11 Å². The number of ether oxygens (including phenoxy) is 1. The predicted molar refractivity (Wildman–Crippen MR) is 141 cm³/mol. The van der Waals surface area contributed by atoms with Crippen LogP contribution in [-0.4, -0.2) is 53.0 Å². The van der Waals surface area contributed by atoms with E-state index in [1.165, 1.54) is 24.8 Å². The van der Waals surface area contributed by atoms with Crippen molar-refractivity contribution in [2.45, 2.75) is 50.7 Å². The number of hydrogen-bond donors (Lipinski definition) is 1. The number of rotatable bonds is 11. The van der Waals surface area contributed by atoms with Gasteiger partial charge in [0.15, 0.2) is 0 Å². The average Bonchev–Trinajstić information content (AvgIpc) is 3.24. The van der Waals surface area contributed by atoms with Crippen LogP contribution in [0.5, 0.6) is 0 Å². The second kappa shape index (κ2) is 11.5. The summed E-state index contributed by atoms with van der Waals surface area (Å²) in [7, 11) is 6.53. The molecular formula is C30H42N3O2+. The number of nitrogens with zero attached hydrogens (tertiary/aromatic N) is 3. The first kappa shape index (κ1) is 25.6. The van der Waals surface area contributed by atoms with Crippen LogP contribution in [-0.2, 0) is 30.4 Å². The van der Waals surface area contributed by atoms with Crippen molar-refractivity contribution >= 4 is 0 Å². The number of benzene rings is 2. The lowest BCUT2D eigenvalue weighted by molar-refractivity contribution is -0.904. The van der Waals surface area contributed by atoms with Crippen molar-refractivity contribution in [3.05, 3.63) is 89.5 Å². The maximum absolute atomic E-state index is 12.3. The molecule has 1 atom stereocenters. The fourth-order valence-electron chi connectivity index (χ4n) is 5.47. The van der Waals surface area contributed by atoms with Gasteiger partial charge in [-0.05, 0) is 36.3 Å². The van der Waals surface area contributed by atoms with Crippen molar-refractivity contribution in [2.24, 2.45) is 13.0 Å². The smallest absolute Gasteiger partial charge is 0.150 e. The van der Waals surface area contributed by atoms with E-state index in [1.807, 2.05) is 30.5 Å². The van der Waals surface area contributed by atoms with Gasteiger partial charge in [-0.25, -0.2) is 4.98 Å². The number of hydrogen-bond acceptors (Lipinski definition) is 3. The SMILES string of the molecule is Cn1c(C[N+](C)(C)CCOCCc2ccccc2)cnc1C(O)(c1ccccc1)C1CCCCC1. The lowest BCUT2D eigenvalue weighted by Gasteiger charge is -2.38. The number of likely N-dealkylation sites (N-methyl/N-ethyl adjacent to an activating group) is 1. The van der Waals surface area contributed by atoms with Crippen molar-refractivity contribution in [1.82, 2.24) is 9.55 Å². The molecule has 5 heteroatoms. The van der Waals surface area contributed by atoms with Crippen LogP contribution in [0.15, 0.2) is 66.9 Å². The number of aromatic nitrogens is 2. The molecule has 0 amide bonds. The molecule has 1 unspecified atom stereocenters. The second-order valence-corrected chi connectivity index (χ2v) is 10.8. The summed E-state index contributed by atoms with van der Waals surface area (Å²) in [5, 5.41) is 12.3. The fraction of sp³-hybridized carbons (Fsp3) is 0.500. The first-order valence-electron chi connectivity index (χ1n) is 13.1. The molecule has 5 nitrogen and oxygen atoms in total. The van der Waals surface area contributed by atoms with Crippen molar-refractivity contribution in [3.8, 4) is 0 Å². The van der Waals surface area contributed by atoms with Gasteiger partial charge < -0.3 is 18.9 Å². The molecule has 0 aliphatic heterocycles. The molecule has 0 spiro atoms. The van der Waals surface area contributed by atoms with Crippen molar-refractivity contribution in [3.63, 3.8) is 0 Å². The van der Waals surface area contributed by atoms with Crippen LogP contribution in [0.4, 0.5) is 0 Å². The lowest BCUT2D eigenvalue weighted by atomic mass is 9.73. The molecule has 4 rings (SSSR count). The zero-order valence-electron chi connectivity index (χ0n) is 21.7. The van der Waals surface area contributed by atoms with Gasteiger partial charge in [-0.3, -0.25) is 0 Å². The second-order valence-electron chi connectivity index (χ2n) is 10.8. The largest absolute Gasteiger partial charge is 0.377 e. The van der Waals surface area contributed by atoms with E-state index in [4.69, 9.17) is 9.72 Å². The summed E-state index contributed by atoms with van der Waals surface area (Å²) in [5.41, 5.74) is 2.34. The summed E-state index contributed by atoms with van der Waals surface area (Å²) in [4.78, 5) is 4.84. The molecule has 2 aromatic carbocycles. The number of aliphatic hydroxyl groups is 1. The first-order valence-corrected chi connectivity index (χ1v) is 13.1. The Kier molecular flexibility index (Phi) is 8.42. The molecule has 3 aromatic rings. The standard InChI is InChI=1S/C30H42N3O2/c1-32-28(24-33(2,3)20-22-35-21-19-25-13-7-4-8-14-25)23-31-29(32)30(34,26-15-9-5-10-16-26)27-17-11-6-12-18-27/h4-5,7-10,13-16,23,27,34H,6,11-12,17-22,24H2,1-3H3/q+1. The molecule has 0 radical (unpaired) electrons. The van der Waals surface area contributed by atoms with E-state index < -0.39 is 5.60 Å². The highest BCUT2D eigenvalue weighted by Gasteiger charge is 2.44. The molecule has 1 N–H and O–H groups in total. The van der Waals surface area contributed by atoms with Crippen LogP contribution in [0.25, 0.3) is 0 Å². The Bertz CT molecular complexity index is 1040. The van der Waals surface area contributed by atoms with Crippen LogP contribution in [0.3, 0.4) is 0 Å². The predicted octanol–water partition coefficient (Wildman–Crippen LogP) is 5.07. The van der Waals surface area contributed by atoms with E-state index in [2.05, 4.69) is 62.1 Å². The number of quaternary nitrogens is 1. The third kappa shape index (κ3) is 6.21. The van der Waals surface area contributed by atoms with E-state index in [-0.39, 0.29) is 5.92 Å². The van der Waals surface area contributed by atoms with E-state index in [0.29, 0.717) is 0 Å². The maximum Gasteiger partial charge on any atom is 0.150 e. The number of imidazole rings is 1. The molecule has 1 aliphatic carbocycles. The Morgan fingerprint density at radius 3 is 2.31 bits per heavy atom. The lowest BCUT2D eigenvalue weighted by Crippen LogP contribution is -2.43. The summed E-state index contributed by atoms with van der Waals surface area (Å²) in [5.74, 6) is 0.956. The highest BCUT2D eigenvalue weighted by atomic mass is 16.5. The Balaban J connectivity index is 1.42. The third-order valence-electron chi connectivity index (χ3n) is 7.64. The molecule has 1 fully saturated rings. The third-order valence-corrected chi connectivity index (χ3v) is 7.64. The zero-order chi connectivity index (χ0) is 24.7. The van der Waals surface area contributed by atoms with E-state index in [0.717, 1.165) is 67.1 Å². The topological polar surface area (TPSA) is 47.3 Å². The summed E-state index contributed by atoms with van der Waals surface area (Å²) in [6.45, 7) is 3.22. The molecule has 0 saturated heterocycles. The highest BCUT2D eigenvalue weighted by molar-refractivity contribution is 5.32. The molecular weight excluding hydrogens is 434 g/mol. The minimum absolute atomic E-state index is 0.188. The Labute approximate surface area is 211 Å². The minimum Gasteiger partial charge on any atom is -0.377 e. The fourth-order valence-corrected chi connectivity index (χ4v) is 5.47. The average molecular weight is 477 g/mol. The molecule has 1 aromatic heterocycles. The maximum atomic E-state index is 12.3. The van der Waals surface area contributed by atoms with Crippen LogP contribution in [0, 0.1) is 5.92 Å². The van der Waals surface area contributed by atoms with Gasteiger partial charge in [-0.2, -0.15) is 0 Å². The van der Waals surface area contributed by atoms with Gasteiger partial charge in [0, 0.05) is 7.05 Å².